The first-order valence-electron chi connectivity index (χ1n) is 9.93. The molecule has 28 heavy (non-hydrogen) atoms. The highest BCUT2D eigenvalue weighted by Gasteiger charge is 2.42. The number of nitrogens with one attached hydrogen (secondary N) is 2. The van der Waals surface area contributed by atoms with Gasteiger partial charge in [0.25, 0.3) is 5.91 Å². The molecule has 3 rings (SSSR count). The fourth-order valence-electron chi connectivity index (χ4n) is 3.58. The molecule has 0 saturated carbocycles. The molecule has 1 aromatic carbocycles. The summed E-state index contributed by atoms with van der Waals surface area (Å²) in [5.74, 6) is -0.0183. The van der Waals surface area contributed by atoms with Crippen LogP contribution in [0.1, 0.15) is 30.9 Å². The van der Waals surface area contributed by atoms with E-state index < -0.39 is 5.54 Å². The van der Waals surface area contributed by atoms with Crippen molar-refractivity contribution >= 4 is 11.6 Å². The van der Waals surface area contributed by atoms with Gasteiger partial charge in [-0.3, -0.25) is 9.48 Å². The first-order chi connectivity index (χ1) is 13.7. The lowest BCUT2D eigenvalue weighted by molar-refractivity contribution is -0.126. The fourth-order valence-corrected chi connectivity index (χ4v) is 3.58. The van der Waals surface area contributed by atoms with Crippen LogP contribution in [0.4, 0.5) is 5.69 Å². The van der Waals surface area contributed by atoms with Crippen molar-refractivity contribution in [3.8, 4) is 0 Å². The number of benzene rings is 1. The first-order valence-corrected chi connectivity index (χ1v) is 9.93. The van der Waals surface area contributed by atoms with E-state index in [1.807, 2.05) is 44.3 Å². The van der Waals surface area contributed by atoms with Gasteiger partial charge in [0.15, 0.2) is 0 Å². The molecule has 0 radical (unpaired) electrons. The van der Waals surface area contributed by atoms with E-state index in [0.717, 1.165) is 29.9 Å². The number of amides is 1. The molecule has 2 heterocycles. The molecule has 152 valence electrons. The van der Waals surface area contributed by atoms with E-state index in [9.17, 15) is 4.79 Å². The highest BCUT2D eigenvalue weighted by atomic mass is 16.5. The van der Waals surface area contributed by atoms with Crippen LogP contribution in [0.25, 0.3) is 0 Å². The van der Waals surface area contributed by atoms with Gasteiger partial charge in [0.2, 0.25) is 0 Å². The van der Waals surface area contributed by atoms with E-state index in [4.69, 9.17) is 9.47 Å². The number of hydrogen-bond acceptors (Lipinski definition) is 5. The zero-order valence-electron chi connectivity index (χ0n) is 16.7. The van der Waals surface area contributed by atoms with Crippen molar-refractivity contribution in [1.82, 2.24) is 15.1 Å². The number of rotatable bonds is 9. The number of hydrogen-bond donors (Lipinski definition) is 2. The van der Waals surface area contributed by atoms with Gasteiger partial charge >= 0.3 is 0 Å². The molecule has 2 aromatic rings. The molecule has 0 bridgehead atoms. The second-order valence-electron chi connectivity index (χ2n) is 7.03. The average molecular weight is 386 g/mol. The number of piperidine rings is 1. The lowest BCUT2D eigenvalue weighted by atomic mass is 9.87. The summed E-state index contributed by atoms with van der Waals surface area (Å²) in [6, 6.07) is 7.78. The van der Waals surface area contributed by atoms with Crippen LogP contribution in [0.3, 0.4) is 0 Å². The molecule has 1 amide bonds. The maximum absolute atomic E-state index is 13.3. The molecule has 1 aromatic heterocycles. The molecule has 0 aliphatic carbocycles. The van der Waals surface area contributed by atoms with Gasteiger partial charge in [-0.2, -0.15) is 5.10 Å². The van der Waals surface area contributed by atoms with Gasteiger partial charge in [-0.1, -0.05) is 12.1 Å². The van der Waals surface area contributed by atoms with Gasteiger partial charge in [0.1, 0.15) is 5.54 Å². The van der Waals surface area contributed by atoms with Gasteiger partial charge in [0.05, 0.1) is 19.8 Å². The summed E-state index contributed by atoms with van der Waals surface area (Å²) in [5, 5.41) is 10.9. The zero-order chi connectivity index (χ0) is 19.8. The Kier molecular flexibility index (Phi) is 7.19. The summed E-state index contributed by atoms with van der Waals surface area (Å²) in [4.78, 5) is 13.3. The van der Waals surface area contributed by atoms with Crippen molar-refractivity contribution in [3.63, 3.8) is 0 Å². The van der Waals surface area contributed by atoms with E-state index in [1.165, 1.54) is 0 Å². The van der Waals surface area contributed by atoms with Crippen molar-refractivity contribution < 1.29 is 14.3 Å². The van der Waals surface area contributed by atoms with Crippen LogP contribution in [0.15, 0.2) is 36.7 Å². The molecule has 1 aliphatic heterocycles. The Labute approximate surface area is 166 Å². The summed E-state index contributed by atoms with van der Waals surface area (Å²) in [6.45, 7) is 7.90. The van der Waals surface area contributed by atoms with Crippen molar-refractivity contribution in [2.45, 2.75) is 38.8 Å². The zero-order valence-corrected chi connectivity index (χ0v) is 16.7. The molecular weight excluding hydrogens is 356 g/mol. The van der Waals surface area contributed by atoms with E-state index in [2.05, 4.69) is 15.7 Å². The average Bonchev–Trinajstić information content (AvgIpc) is 3.26. The Morgan fingerprint density at radius 2 is 2.04 bits per heavy atom. The Morgan fingerprint density at radius 3 is 2.75 bits per heavy atom. The molecule has 7 nitrogen and oxygen atoms in total. The largest absolute Gasteiger partial charge is 0.379 e. The van der Waals surface area contributed by atoms with Crippen molar-refractivity contribution in [3.05, 3.63) is 47.8 Å². The molecule has 2 N–H and O–H groups in total. The van der Waals surface area contributed by atoms with E-state index in [-0.39, 0.29) is 5.91 Å². The van der Waals surface area contributed by atoms with E-state index >= 15 is 0 Å². The van der Waals surface area contributed by atoms with Gasteiger partial charge in [-0.25, -0.2) is 0 Å². The molecule has 1 fully saturated rings. The Balaban J connectivity index is 1.71. The predicted molar refractivity (Wildman–Crippen MR) is 108 cm³/mol. The lowest BCUT2D eigenvalue weighted by Gasteiger charge is -2.36. The Bertz CT molecular complexity index is 755. The monoisotopic (exact) mass is 386 g/mol. The van der Waals surface area contributed by atoms with Crippen LogP contribution in [-0.4, -0.2) is 48.6 Å². The minimum Gasteiger partial charge on any atom is -0.379 e. The maximum Gasteiger partial charge on any atom is 0.252 e. The summed E-state index contributed by atoms with van der Waals surface area (Å²) in [7, 11) is 0. The summed E-state index contributed by atoms with van der Waals surface area (Å²) in [6.07, 6.45) is 5.02. The number of nitrogens with zero attached hydrogens (tertiary/aromatic N) is 2. The number of carbonyl (C=O) groups is 1. The third-order valence-electron chi connectivity index (χ3n) is 5.32. The Morgan fingerprint density at radius 1 is 1.25 bits per heavy atom. The molecule has 1 aliphatic rings. The normalized spacial score (nSPS) is 16.1. The van der Waals surface area contributed by atoms with Crippen LogP contribution in [0.2, 0.25) is 0 Å². The van der Waals surface area contributed by atoms with Crippen LogP contribution in [-0.2, 0) is 26.4 Å². The quantitative estimate of drug-likeness (QED) is 0.648. The number of carbonyl (C=O) groups excluding carboxylic acids is 1. The van der Waals surface area contributed by atoms with Crippen LogP contribution in [0.5, 0.6) is 0 Å². The lowest BCUT2D eigenvalue weighted by Crippen LogP contribution is -2.52. The van der Waals surface area contributed by atoms with Gasteiger partial charge in [0, 0.05) is 24.7 Å². The predicted octanol–water partition coefficient (Wildman–Crippen LogP) is 2.46. The molecule has 0 spiro atoms. The maximum atomic E-state index is 13.3. The third kappa shape index (κ3) is 4.60. The molecule has 0 atom stereocenters. The minimum atomic E-state index is -0.662. The summed E-state index contributed by atoms with van der Waals surface area (Å²) in [5.41, 5.74) is 2.25. The summed E-state index contributed by atoms with van der Waals surface area (Å²) >= 11 is 0. The van der Waals surface area contributed by atoms with Crippen molar-refractivity contribution in [1.29, 1.82) is 0 Å². The second kappa shape index (κ2) is 9.82. The number of anilines is 1. The van der Waals surface area contributed by atoms with Gasteiger partial charge < -0.3 is 20.1 Å². The van der Waals surface area contributed by atoms with Crippen LogP contribution in [0, 0.1) is 6.92 Å². The minimum absolute atomic E-state index is 0.0183. The van der Waals surface area contributed by atoms with Crippen molar-refractivity contribution in [2.75, 3.05) is 38.2 Å². The van der Waals surface area contributed by atoms with E-state index in [1.54, 1.807) is 10.9 Å². The SMILES string of the molecule is CCOCCOCc1cccc(NC(=O)C2(n3cccn3)CCNCC2)c1C. The molecule has 1 saturated heterocycles. The van der Waals surface area contributed by atoms with Crippen molar-refractivity contribution in [2.24, 2.45) is 0 Å². The first kappa shape index (κ1) is 20.5. The highest BCUT2D eigenvalue weighted by Crippen LogP contribution is 2.30. The second-order valence-corrected chi connectivity index (χ2v) is 7.03. The fraction of sp³-hybridized carbons (Fsp3) is 0.524. The smallest absolute Gasteiger partial charge is 0.252 e. The topological polar surface area (TPSA) is 77.4 Å². The highest BCUT2D eigenvalue weighted by molar-refractivity contribution is 5.97. The summed E-state index contributed by atoms with van der Waals surface area (Å²) < 4.78 is 12.8. The van der Waals surface area contributed by atoms with E-state index in [0.29, 0.717) is 39.3 Å². The van der Waals surface area contributed by atoms with Crippen LogP contribution >= 0.6 is 0 Å². The molecule has 7 heteroatoms. The number of ether oxygens (including phenoxy) is 2. The molecular formula is C21H30N4O3. The van der Waals surface area contributed by atoms with Gasteiger partial charge in [-0.05, 0) is 63.0 Å². The molecule has 0 unspecified atom stereocenters. The third-order valence-corrected chi connectivity index (χ3v) is 5.32. The number of aromatic nitrogens is 2. The van der Waals surface area contributed by atoms with Crippen LogP contribution < -0.4 is 10.6 Å². The Hall–Kier alpha value is -2.22. The van der Waals surface area contributed by atoms with Gasteiger partial charge in [-0.15, -0.1) is 0 Å². The standard InChI is InChI=1S/C21H30N4O3/c1-3-27-14-15-28-16-18-6-4-7-19(17(18)2)24-20(26)21(8-11-22-12-9-21)25-13-5-10-23-25/h4-7,10,13,22H,3,8-9,11-12,14-16H2,1-2H3,(H,24,26).